The molecule has 1 heterocycles. The number of nitrogens with zero attached hydrogens (tertiary/aromatic N) is 1. The van der Waals surface area contributed by atoms with Gasteiger partial charge < -0.3 is 14.8 Å². The van der Waals surface area contributed by atoms with E-state index >= 15 is 0 Å². The maximum Gasteiger partial charge on any atom is 0.251 e. The number of carbonyl (C=O) groups is 1. The van der Waals surface area contributed by atoms with Crippen molar-refractivity contribution in [2.24, 2.45) is 0 Å². The first kappa shape index (κ1) is 25.3. The molecule has 1 N–H and O–H groups in total. The van der Waals surface area contributed by atoms with Crippen molar-refractivity contribution in [3.63, 3.8) is 0 Å². The first-order valence-electron chi connectivity index (χ1n) is 12.2. The summed E-state index contributed by atoms with van der Waals surface area (Å²) in [6.07, 6.45) is 11.0. The molecule has 0 fully saturated rings. The van der Waals surface area contributed by atoms with Gasteiger partial charge in [0.05, 0.1) is 14.2 Å². The van der Waals surface area contributed by atoms with Crippen LogP contribution in [0.2, 0.25) is 0 Å². The second-order valence-electron chi connectivity index (χ2n) is 8.47. The number of pyridine rings is 1. The fourth-order valence-electron chi connectivity index (χ4n) is 4.10. The summed E-state index contributed by atoms with van der Waals surface area (Å²) in [5, 5.41) is 3.08. The van der Waals surface area contributed by atoms with Gasteiger partial charge in [0, 0.05) is 24.5 Å². The van der Waals surface area contributed by atoms with E-state index in [0.29, 0.717) is 23.6 Å². The number of benzene rings is 2. The highest BCUT2D eigenvalue weighted by Crippen LogP contribution is 2.34. The molecule has 0 spiro atoms. The van der Waals surface area contributed by atoms with Gasteiger partial charge in [-0.05, 0) is 84.7 Å². The van der Waals surface area contributed by atoms with Crippen LogP contribution >= 0.6 is 0 Å². The van der Waals surface area contributed by atoms with Crippen molar-refractivity contribution in [1.29, 1.82) is 0 Å². The second-order valence-corrected chi connectivity index (χ2v) is 8.47. The summed E-state index contributed by atoms with van der Waals surface area (Å²) in [5.74, 6) is 1.39. The zero-order valence-electron chi connectivity index (χ0n) is 20.6. The van der Waals surface area contributed by atoms with Crippen molar-refractivity contribution in [1.82, 2.24) is 10.3 Å². The molecule has 3 rings (SSSR count). The van der Waals surface area contributed by atoms with E-state index in [1.165, 1.54) is 17.5 Å². The first-order chi connectivity index (χ1) is 16.7. The summed E-state index contributed by atoms with van der Waals surface area (Å²) < 4.78 is 10.9. The lowest BCUT2D eigenvalue weighted by Crippen LogP contribution is -2.24. The Morgan fingerprint density at radius 3 is 2.47 bits per heavy atom. The Morgan fingerprint density at radius 2 is 1.74 bits per heavy atom. The van der Waals surface area contributed by atoms with Crippen molar-refractivity contribution in [2.75, 3.05) is 20.8 Å². The third-order valence-corrected chi connectivity index (χ3v) is 6.01. The molecule has 0 aliphatic carbocycles. The number of ether oxygens (including phenoxy) is 2. The molecule has 34 heavy (non-hydrogen) atoms. The number of carbonyl (C=O) groups excluding carboxylic acids is 1. The monoisotopic (exact) mass is 460 g/mol. The van der Waals surface area contributed by atoms with E-state index in [2.05, 4.69) is 29.4 Å². The zero-order valence-corrected chi connectivity index (χ0v) is 20.6. The predicted octanol–water partition coefficient (Wildman–Crippen LogP) is 6.25. The molecule has 3 aromatic rings. The summed E-state index contributed by atoms with van der Waals surface area (Å²) in [7, 11) is 3.29. The maximum atomic E-state index is 12.8. The molecule has 0 radical (unpaired) electrons. The van der Waals surface area contributed by atoms with Gasteiger partial charge in [0.15, 0.2) is 11.5 Å². The van der Waals surface area contributed by atoms with Crippen molar-refractivity contribution in [3.8, 4) is 22.6 Å². The summed E-state index contributed by atoms with van der Waals surface area (Å²) in [5.41, 5.74) is 5.32. The van der Waals surface area contributed by atoms with Crippen LogP contribution in [0.5, 0.6) is 11.5 Å². The number of hydrogen-bond acceptors (Lipinski definition) is 4. The predicted molar refractivity (Wildman–Crippen MR) is 138 cm³/mol. The van der Waals surface area contributed by atoms with E-state index in [9.17, 15) is 4.79 Å². The van der Waals surface area contributed by atoms with Gasteiger partial charge in [0.25, 0.3) is 5.91 Å². The highest BCUT2D eigenvalue weighted by molar-refractivity contribution is 5.95. The van der Waals surface area contributed by atoms with Gasteiger partial charge in [-0.2, -0.15) is 0 Å². The van der Waals surface area contributed by atoms with Crippen LogP contribution in [0, 0.1) is 0 Å². The number of aryl methyl sites for hydroxylation is 2. The summed E-state index contributed by atoms with van der Waals surface area (Å²) in [6.45, 7) is 2.87. The van der Waals surface area contributed by atoms with E-state index in [4.69, 9.17) is 9.47 Å². The van der Waals surface area contributed by atoms with Crippen LogP contribution in [0.3, 0.4) is 0 Å². The second kappa shape index (κ2) is 13.4. The standard InChI is InChI=1S/C29H36N2O3/c1-4-5-6-12-23-19-25(29(32)31-18-8-7-10-22-11-9-17-30-21-22)13-15-26(23)24-14-16-27(33-2)28(20-24)34-3/h9,11,13-17,19-21H,4-8,10,12,18H2,1-3H3,(H,31,32). The number of rotatable bonds is 13. The summed E-state index contributed by atoms with van der Waals surface area (Å²) in [6, 6.07) is 16.0. The minimum Gasteiger partial charge on any atom is -0.493 e. The topological polar surface area (TPSA) is 60.5 Å². The number of methoxy groups -OCH3 is 2. The molecule has 0 aliphatic rings. The number of nitrogens with one attached hydrogen (secondary N) is 1. The zero-order chi connectivity index (χ0) is 24.2. The lowest BCUT2D eigenvalue weighted by atomic mass is 9.93. The van der Waals surface area contributed by atoms with Crippen molar-refractivity contribution >= 4 is 5.91 Å². The molecule has 5 heteroatoms. The smallest absolute Gasteiger partial charge is 0.251 e. The Hall–Kier alpha value is -3.34. The molecule has 2 aromatic carbocycles. The molecule has 0 saturated carbocycles. The van der Waals surface area contributed by atoms with Gasteiger partial charge in [0.2, 0.25) is 0 Å². The number of aromatic nitrogens is 1. The molecule has 0 aliphatic heterocycles. The van der Waals surface area contributed by atoms with Crippen LogP contribution in [0.25, 0.3) is 11.1 Å². The van der Waals surface area contributed by atoms with Gasteiger partial charge in [-0.1, -0.05) is 38.0 Å². The van der Waals surface area contributed by atoms with Gasteiger partial charge >= 0.3 is 0 Å². The van der Waals surface area contributed by atoms with E-state index < -0.39 is 0 Å². The van der Waals surface area contributed by atoms with Gasteiger partial charge in [0.1, 0.15) is 0 Å². The minimum absolute atomic E-state index is 0.0167. The van der Waals surface area contributed by atoms with Crippen molar-refractivity contribution in [3.05, 3.63) is 77.6 Å². The number of hydrogen-bond donors (Lipinski definition) is 1. The SMILES string of the molecule is CCCCCc1cc(C(=O)NCCCCc2cccnc2)ccc1-c1ccc(OC)c(OC)c1. The molecule has 1 aromatic heterocycles. The van der Waals surface area contributed by atoms with Gasteiger partial charge in [-0.15, -0.1) is 0 Å². The molecule has 0 atom stereocenters. The molecule has 180 valence electrons. The highest BCUT2D eigenvalue weighted by Gasteiger charge is 2.13. The van der Waals surface area contributed by atoms with Crippen LogP contribution in [-0.2, 0) is 12.8 Å². The molecular formula is C29H36N2O3. The molecule has 0 saturated heterocycles. The Kier molecular flexibility index (Phi) is 9.96. The van der Waals surface area contributed by atoms with Crippen LogP contribution in [0.15, 0.2) is 60.9 Å². The highest BCUT2D eigenvalue weighted by atomic mass is 16.5. The minimum atomic E-state index is -0.0167. The molecule has 5 nitrogen and oxygen atoms in total. The summed E-state index contributed by atoms with van der Waals surface area (Å²) in [4.78, 5) is 17.0. The Morgan fingerprint density at radius 1 is 0.912 bits per heavy atom. The summed E-state index contributed by atoms with van der Waals surface area (Å²) >= 11 is 0. The maximum absolute atomic E-state index is 12.8. The largest absolute Gasteiger partial charge is 0.493 e. The van der Waals surface area contributed by atoms with Crippen molar-refractivity contribution < 1.29 is 14.3 Å². The number of unbranched alkanes of at least 4 members (excludes halogenated alkanes) is 3. The Bertz CT molecular complexity index is 1050. The lowest BCUT2D eigenvalue weighted by Gasteiger charge is -2.15. The lowest BCUT2D eigenvalue weighted by molar-refractivity contribution is 0.0953. The third kappa shape index (κ3) is 7.08. The fraction of sp³-hybridized carbons (Fsp3) is 0.379. The van der Waals surface area contributed by atoms with Crippen LogP contribution < -0.4 is 14.8 Å². The van der Waals surface area contributed by atoms with E-state index in [1.54, 1.807) is 20.4 Å². The molecular weight excluding hydrogens is 424 g/mol. The number of amides is 1. The van der Waals surface area contributed by atoms with Crippen molar-refractivity contribution in [2.45, 2.75) is 51.9 Å². The van der Waals surface area contributed by atoms with Gasteiger partial charge in [-0.25, -0.2) is 0 Å². The average molecular weight is 461 g/mol. The normalized spacial score (nSPS) is 10.7. The third-order valence-electron chi connectivity index (χ3n) is 6.01. The molecule has 1 amide bonds. The van der Waals surface area contributed by atoms with Gasteiger partial charge in [-0.3, -0.25) is 9.78 Å². The van der Waals surface area contributed by atoms with E-state index in [-0.39, 0.29) is 5.91 Å². The van der Waals surface area contributed by atoms with Crippen LogP contribution in [-0.4, -0.2) is 31.7 Å². The first-order valence-corrected chi connectivity index (χ1v) is 12.2. The van der Waals surface area contributed by atoms with Crippen LogP contribution in [0.4, 0.5) is 0 Å². The quantitative estimate of drug-likeness (QED) is 0.306. The van der Waals surface area contributed by atoms with E-state index in [0.717, 1.165) is 49.7 Å². The Labute approximate surface area is 203 Å². The van der Waals surface area contributed by atoms with Crippen LogP contribution in [0.1, 0.15) is 60.5 Å². The molecule has 0 bridgehead atoms. The Balaban J connectivity index is 1.68. The fourth-order valence-corrected chi connectivity index (χ4v) is 4.10. The van der Waals surface area contributed by atoms with E-state index in [1.807, 2.05) is 42.6 Å². The average Bonchev–Trinajstić information content (AvgIpc) is 2.88. The molecule has 0 unspecified atom stereocenters.